The van der Waals surface area contributed by atoms with Crippen LogP contribution in [0, 0.1) is 2.88 Å². The van der Waals surface area contributed by atoms with Crippen LogP contribution in [0.15, 0.2) is 11.4 Å². The van der Waals surface area contributed by atoms with Crippen LogP contribution in [-0.2, 0) is 0 Å². The molecule has 1 atom stereocenters. The highest BCUT2D eigenvalue weighted by Crippen LogP contribution is 2.16. The Morgan fingerprint density at radius 1 is 1.73 bits per heavy atom. The van der Waals surface area contributed by atoms with Crippen LogP contribution in [-0.4, -0.2) is 17.8 Å². The number of carbonyl (C=O) groups is 1. The van der Waals surface area contributed by atoms with Gasteiger partial charge < -0.3 is 5.32 Å². The zero-order valence-electron chi connectivity index (χ0n) is 8.43. The molecule has 1 rings (SSSR count). The molecule has 0 spiro atoms. The first-order valence-corrected chi connectivity index (χ1v) is 7.19. The number of thiophene rings is 1. The van der Waals surface area contributed by atoms with E-state index in [0.717, 1.165) is 21.3 Å². The highest BCUT2D eigenvalue weighted by Gasteiger charge is 2.08. The average Bonchev–Trinajstić information content (AvgIpc) is 2.64. The van der Waals surface area contributed by atoms with Gasteiger partial charge in [0, 0.05) is 17.3 Å². The summed E-state index contributed by atoms with van der Waals surface area (Å²) >= 11 is 9.73. The molecule has 0 fully saturated rings. The van der Waals surface area contributed by atoms with E-state index in [1.807, 2.05) is 18.4 Å². The van der Waals surface area contributed by atoms with E-state index in [9.17, 15) is 4.79 Å². The van der Waals surface area contributed by atoms with Gasteiger partial charge >= 0.3 is 0 Å². The fourth-order valence-electron chi connectivity index (χ4n) is 1.08. The van der Waals surface area contributed by atoms with Crippen LogP contribution in [0.25, 0.3) is 0 Å². The minimum absolute atomic E-state index is 0.00543. The minimum Gasteiger partial charge on any atom is -0.352 e. The van der Waals surface area contributed by atoms with Gasteiger partial charge in [0.05, 0.1) is 8.45 Å². The third-order valence-electron chi connectivity index (χ3n) is 2.02. The Hall–Kier alpha value is 0.190. The molecule has 1 amide bonds. The summed E-state index contributed by atoms with van der Waals surface area (Å²) in [5.74, 6) is -0.00543. The Balaban J connectivity index is 2.31. The van der Waals surface area contributed by atoms with Crippen molar-refractivity contribution in [3.05, 3.63) is 19.9 Å². The summed E-state index contributed by atoms with van der Waals surface area (Å²) < 4.78 is 1.13. The number of halogens is 2. The van der Waals surface area contributed by atoms with Gasteiger partial charge in [-0.1, -0.05) is 6.92 Å². The standard InChI is InChI=1S/C10H13ClINOS/c1-2-8(11)3-4-13-10(14)7-5-9(12)15-6-7/h5-6,8H,2-4H2,1H3,(H,13,14). The number of nitrogens with one attached hydrogen (secondary N) is 1. The highest BCUT2D eigenvalue weighted by molar-refractivity contribution is 14.1. The molecule has 2 nitrogen and oxygen atoms in total. The second kappa shape index (κ2) is 6.70. The summed E-state index contributed by atoms with van der Waals surface area (Å²) in [6.07, 6.45) is 1.76. The molecule has 0 radical (unpaired) electrons. The number of amides is 1. The zero-order valence-corrected chi connectivity index (χ0v) is 12.2. The highest BCUT2D eigenvalue weighted by atomic mass is 127. The molecule has 0 bridgehead atoms. The molecule has 84 valence electrons. The summed E-state index contributed by atoms with van der Waals surface area (Å²) in [5.41, 5.74) is 0.743. The van der Waals surface area contributed by atoms with Gasteiger partial charge in [-0.2, -0.15) is 0 Å². The van der Waals surface area contributed by atoms with Gasteiger partial charge in [-0.15, -0.1) is 22.9 Å². The van der Waals surface area contributed by atoms with E-state index < -0.39 is 0 Å². The van der Waals surface area contributed by atoms with Gasteiger partial charge in [-0.05, 0) is 41.5 Å². The zero-order chi connectivity index (χ0) is 11.3. The Kier molecular flexibility index (Phi) is 5.92. The van der Waals surface area contributed by atoms with Crippen LogP contribution >= 0.6 is 45.5 Å². The summed E-state index contributed by atoms with van der Waals surface area (Å²) in [4.78, 5) is 11.6. The van der Waals surface area contributed by atoms with E-state index in [0.29, 0.717) is 6.54 Å². The average molecular weight is 358 g/mol. The van der Waals surface area contributed by atoms with Gasteiger partial charge in [-0.25, -0.2) is 0 Å². The second-order valence-corrected chi connectivity index (χ2v) is 6.61. The van der Waals surface area contributed by atoms with E-state index in [1.165, 1.54) is 0 Å². The van der Waals surface area contributed by atoms with Gasteiger partial charge in [0.25, 0.3) is 5.91 Å². The summed E-state index contributed by atoms with van der Waals surface area (Å²) in [5, 5.41) is 4.89. The normalized spacial score (nSPS) is 12.5. The van der Waals surface area contributed by atoms with Crippen molar-refractivity contribution in [2.24, 2.45) is 0 Å². The molecule has 0 aromatic carbocycles. The fourth-order valence-corrected chi connectivity index (χ4v) is 2.51. The van der Waals surface area contributed by atoms with Gasteiger partial charge in [0.2, 0.25) is 0 Å². The Labute approximate surface area is 113 Å². The molecule has 0 aliphatic rings. The SMILES string of the molecule is CCC(Cl)CCNC(=O)c1csc(I)c1. The predicted octanol–water partition coefficient (Wildman–Crippen LogP) is 3.49. The van der Waals surface area contributed by atoms with E-state index in [2.05, 4.69) is 27.9 Å². The van der Waals surface area contributed by atoms with Crippen LogP contribution in [0.3, 0.4) is 0 Å². The van der Waals surface area contributed by atoms with Crippen molar-refractivity contribution in [2.75, 3.05) is 6.54 Å². The van der Waals surface area contributed by atoms with E-state index >= 15 is 0 Å². The molecule has 1 aromatic heterocycles. The second-order valence-electron chi connectivity index (χ2n) is 3.19. The van der Waals surface area contributed by atoms with E-state index in [1.54, 1.807) is 11.3 Å². The first-order chi connectivity index (χ1) is 7.13. The van der Waals surface area contributed by atoms with Crippen LogP contribution in [0.4, 0.5) is 0 Å². The first kappa shape index (κ1) is 13.3. The molecule has 5 heteroatoms. The largest absolute Gasteiger partial charge is 0.352 e. The Bertz CT molecular complexity index is 329. The van der Waals surface area contributed by atoms with Crippen LogP contribution in [0.2, 0.25) is 0 Å². The maximum atomic E-state index is 11.6. The van der Waals surface area contributed by atoms with Gasteiger partial charge in [0.1, 0.15) is 0 Å². The third kappa shape index (κ3) is 4.70. The molecule has 0 aliphatic carbocycles. The molecule has 1 heterocycles. The lowest BCUT2D eigenvalue weighted by atomic mass is 10.2. The smallest absolute Gasteiger partial charge is 0.252 e. The van der Waals surface area contributed by atoms with Gasteiger partial charge in [0.15, 0.2) is 0 Å². The summed E-state index contributed by atoms with van der Waals surface area (Å²) in [7, 11) is 0. The minimum atomic E-state index is -0.00543. The number of hydrogen-bond acceptors (Lipinski definition) is 2. The summed E-state index contributed by atoms with van der Waals surface area (Å²) in [6, 6.07) is 1.89. The van der Waals surface area contributed by atoms with Crippen molar-refractivity contribution in [1.82, 2.24) is 5.32 Å². The van der Waals surface area contributed by atoms with Crippen molar-refractivity contribution < 1.29 is 4.79 Å². The maximum absolute atomic E-state index is 11.6. The van der Waals surface area contributed by atoms with Crippen molar-refractivity contribution in [1.29, 1.82) is 0 Å². The topological polar surface area (TPSA) is 29.1 Å². The van der Waals surface area contributed by atoms with Crippen molar-refractivity contribution in [2.45, 2.75) is 25.1 Å². The van der Waals surface area contributed by atoms with Crippen molar-refractivity contribution in [3.8, 4) is 0 Å². The molecular formula is C10H13ClINOS. The lowest BCUT2D eigenvalue weighted by molar-refractivity contribution is 0.0953. The molecule has 0 aliphatic heterocycles. The summed E-state index contributed by atoms with van der Waals surface area (Å²) in [6.45, 7) is 2.69. The lowest BCUT2D eigenvalue weighted by Gasteiger charge is -2.06. The Morgan fingerprint density at radius 2 is 2.47 bits per heavy atom. The van der Waals surface area contributed by atoms with Crippen LogP contribution in [0.1, 0.15) is 30.1 Å². The van der Waals surface area contributed by atoms with Crippen molar-refractivity contribution >= 4 is 51.4 Å². The maximum Gasteiger partial charge on any atom is 0.252 e. The fraction of sp³-hybridized carbons (Fsp3) is 0.500. The quantitative estimate of drug-likeness (QED) is 0.634. The first-order valence-electron chi connectivity index (χ1n) is 4.79. The third-order valence-corrected chi connectivity index (χ3v) is 4.33. The number of rotatable bonds is 5. The van der Waals surface area contributed by atoms with Crippen LogP contribution < -0.4 is 5.32 Å². The van der Waals surface area contributed by atoms with E-state index in [4.69, 9.17) is 11.6 Å². The molecule has 0 saturated heterocycles. The lowest BCUT2D eigenvalue weighted by Crippen LogP contribution is -2.25. The monoisotopic (exact) mass is 357 g/mol. The molecular weight excluding hydrogens is 345 g/mol. The Morgan fingerprint density at radius 3 is 3.00 bits per heavy atom. The van der Waals surface area contributed by atoms with Crippen LogP contribution in [0.5, 0.6) is 0 Å². The number of hydrogen-bond donors (Lipinski definition) is 1. The predicted molar refractivity (Wildman–Crippen MR) is 73.9 cm³/mol. The molecule has 1 unspecified atom stereocenters. The molecule has 0 saturated carbocycles. The van der Waals surface area contributed by atoms with Gasteiger partial charge in [-0.3, -0.25) is 4.79 Å². The van der Waals surface area contributed by atoms with E-state index in [-0.39, 0.29) is 11.3 Å². The molecule has 1 aromatic rings. The number of alkyl halides is 1. The number of carbonyl (C=O) groups excluding carboxylic acids is 1. The molecule has 15 heavy (non-hydrogen) atoms. The molecule has 1 N–H and O–H groups in total. The van der Waals surface area contributed by atoms with Crippen molar-refractivity contribution in [3.63, 3.8) is 0 Å².